The highest BCUT2D eigenvalue weighted by Crippen LogP contribution is 2.67. The quantitative estimate of drug-likeness (QED) is 0.407. The second-order valence-electron chi connectivity index (χ2n) is 14.3. The molecular formula is C34H50N2O3. The Kier molecular flexibility index (Phi) is 7.58. The van der Waals surface area contributed by atoms with E-state index in [1.807, 2.05) is 12.1 Å². The molecule has 5 nitrogen and oxygen atoms in total. The van der Waals surface area contributed by atoms with Crippen LogP contribution in [0.2, 0.25) is 0 Å². The van der Waals surface area contributed by atoms with Crippen molar-refractivity contribution < 1.29 is 14.6 Å². The lowest BCUT2D eigenvalue weighted by molar-refractivity contribution is -0.133. The molecule has 2 heterocycles. The number of rotatable bonds is 6. The smallest absolute Gasteiger partial charge is 0.222 e. The summed E-state index contributed by atoms with van der Waals surface area (Å²) in [5.74, 6) is 4.97. The molecule has 8 atom stereocenters. The number of hydrogen-bond donors (Lipinski definition) is 1. The Bertz CT molecular complexity index is 1050. The van der Waals surface area contributed by atoms with Gasteiger partial charge >= 0.3 is 0 Å². The molecule has 1 aromatic rings. The third kappa shape index (κ3) is 5.06. The summed E-state index contributed by atoms with van der Waals surface area (Å²) in [5.41, 5.74) is 2.30. The fraction of sp³-hybridized carbons (Fsp3) is 0.765. The first kappa shape index (κ1) is 27.3. The van der Waals surface area contributed by atoms with Crippen molar-refractivity contribution in [2.24, 2.45) is 40.4 Å². The molecule has 5 aliphatic rings. The molecule has 4 aliphatic carbocycles. The minimum Gasteiger partial charge on any atom is -0.490 e. The summed E-state index contributed by atoms with van der Waals surface area (Å²) in [6.45, 7) is 9.19. The van der Waals surface area contributed by atoms with Crippen molar-refractivity contribution in [1.82, 2.24) is 9.88 Å². The van der Waals surface area contributed by atoms with Crippen LogP contribution in [0.1, 0.15) is 97.8 Å². The van der Waals surface area contributed by atoms with Crippen LogP contribution >= 0.6 is 0 Å². The van der Waals surface area contributed by atoms with Crippen molar-refractivity contribution in [1.29, 1.82) is 0 Å². The molecule has 214 valence electrons. The van der Waals surface area contributed by atoms with Gasteiger partial charge in [0.2, 0.25) is 5.91 Å². The van der Waals surface area contributed by atoms with Crippen molar-refractivity contribution >= 4 is 5.91 Å². The number of hydrogen-bond acceptors (Lipinski definition) is 4. The normalized spacial score (nSPS) is 39.2. The van der Waals surface area contributed by atoms with E-state index in [4.69, 9.17) is 4.74 Å². The maximum atomic E-state index is 13.2. The summed E-state index contributed by atoms with van der Waals surface area (Å²) in [7, 11) is 0. The molecule has 1 aliphatic heterocycles. The van der Waals surface area contributed by atoms with Crippen molar-refractivity contribution in [2.45, 2.75) is 110 Å². The third-order valence-electron chi connectivity index (χ3n) is 12.4. The van der Waals surface area contributed by atoms with E-state index in [9.17, 15) is 9.90 Å². The highest BCUT2D eigenvalue weighted by Gasteiger charge is 2.59. The molecule has 1 aromatic heterocycles. The fourth-order valence-corrected chi connectivity index (χ4v) is 10.2. The number of aliphatic hydroxyl groups is 1. The van der Waals surface area contributed by atoms with Gasteiger partial charge in [0.25, 0.3) is 0 Å². The van der Waals surface area contributed by atoms with E-state index in [0.29, 0.717) is 29.1 Å². The molecule has 1 saturated heterocycles. The molecule has 0 unspecified atom stereocenters. The molecule has 1 amide bonds. The first-order valence-electron chi connectivity index (χ1n) is 16.0. The van der Waals surface area contributed by atoms with Gasteiger partial charge in [0, 0.05) is 44.7 Å². The van der Waals surface area contributed by atoms with E-state index >= 15 is 0 Å². The predicted octanol–water partition coefficient (Wildman–Crippen LogP) is 6.81. The van der Waals surface area contributed by atoms with Gasteiger partial charge in [-0.1, -0.05) is 32.4 Å². The molecule has 1 N–H and O–H groups in total. The zero-order chi connectivity index (χ0) is 27.2. The van der Waals surface area contributed by atoms with Crippen LogP contribution in [0.15, 0.2) is 36.2 Å². The lowest BCUT2D eigenvalue weighted by Crippen LogP contribution is -2.50. The third-order valence-corrected chi connectivity index (χ3v) is 12.4. The molecule has 0 radical (unpaired) electrons. The van der Waals surface area contributed by atoms with Crippen molar-refractivity contribution in [2.75, 3.05) is 13.1 Å². The first-order valence-corrected chi connectivity index (χ1v) is 16.0. The largest absolute Gasteiger partial charge is 0.490 e. The lowest BCUT2D eigenvalue weighted by Gasteiger charge is -2.58. The van der Waals surface area contributed by atoms with Crippen molar-refractivity contribution in [3.05, 3.63) is 36.2 Å². The van der Waals surface area contributed by atoms with Crippen LogP contribution < -0.4 is 4.74 Å². The molecule has 0 aromatic carbocycles. The summed E-state index contributed by atoms with van der Waals surface area (Å²) in [6, 6.07) is 3.81. The summed E-state index contributed by atoms with van der Waals surface area (Å²) < 4.78 is 6.10. The number of nitrogens with zero attached hydrogens (tertiary/aromatic N) is 2. The number of likely N-dealkylation sites (tertiary alicyclic amines) is 1. The molecule has 5 heteroatoms. The van der Waals surface area contributed by atoms with Gasteiger partial charge in [-0.25, -0.2) is 0 Å². The zero-order valence-electron chi connectivity index (χ0n) is 24.5. The maximum absolute atomic E-state index is 13.2. The second-order valence-corrected chi connectivity index (χ2v) is 14.3. The van der Waals surface area contributed by atoms with Gasteiger partial charge in [-0.05, 0) is 110 Å². The minimum absolute atomic E-state index is 0.124. The van der Waals surface area contributed by atoms with Gasteiger partial charge in [0.1, 0.15) is 11.9 Å². The first-order chi connectivity index (χ1) is 18.8. The minimum atomic E-state index is -0.124. The van der Waals surface area contributed by atoms with E-state index < -0.39 is 0 Å². The summed E-state index contributed by atoms with van der Waals surface area (Å²) in [5, 5.41) is 10.3. The number of amides is 1. The molecule has 3 saturated carbocycles. The lowest BCUT2D eigenvalue weighted by atomic mass is 9.47. The highest BCUT2D eigenvalue weighted by atomic mass is 16.5. The number of aliphatic hydroxyl groups excluding tert-OH is 1. The van der Waals surface area contributed by atoms with Gasteiger partial charge in [0.05, 0.1) is 6.10 Å². The van der Waals surface area contributed by atoms with Gasteiger partial charge < -0.3 is 14.7 Å². The number of pyridine rings is 1. The van der Waals surface area contributed by atoms with Crippen LogP contribution in [0, 0.1) is 40.4 Å². The van der Waals surface area contributed by atoms with Crippen molar-refractivity contribution in [3.63, 3.8) is 0 Å². The number of carbonyl (C=O) groups is 1. The molecule has 0 bridgehead atoms. The predicted molar refractivity (Wildman–Crippen MR) is 154 cm³/mol. The van der Waals surface area contributed by atoms with Crippen LogP contribution in [0.5, 0.6) is 5.75 Å². The van der Waals surface area contributed by atoms with Crippen LogP contribution in [-0.2, 0) is 4.79 Å². The molecule has 39 heavy (non-hydrogen) atoms. The van der Waals surface area contributed by atoms with Crippen molar-refractivity contribution in [3.8, 4) is 5.75 Å². The molecule has 0 spiro atoms. The topological polar surface area (TPSA) is 62.7 Å². The number of fused-ring (bicyclic) bond motifs is 5. The Morgan fingerprint density at radius 1 is 1.08 bits per heavy atom. The SMILES string of the molecule is C[C@H](CCC(=O)N1CCC(Oc2ccncc2)CC1)[C@H]1CC[C@H]2[C@@H]3CC=C4C[C@@H](O)CC[C@]4(C)[C@H]3CC[C@]12C. The van der Waals surface area contributed by atoms with E-state index in [2.05, 4.69) is 36.7 Å². The Hall–Kier alpha value is -1.88. The number of ether oxygens (including phenoxy) is 1. The Morgan fingerprint density at radius 2 is 1.85 bits per heavy atom. The Balaban J connectivity index is 1.02. The van der Waals surface area contributed by atoms with Crippen LogP contribution in [0.4, 0.5) is 0 Å². The number of carbonyl (C=O) groups excluding carboxylic acids is 1. The van der Waals surface area contributed by atoms with E-state index in [1.165, 1.54) is 38.5 Å². The summed E-state index contributed by atoms with van der Waals surface area (Å²) in [4.78, 5) is 19.3. The number of aromatic nitrogens is 1. The molecule has 6 rings (SSSR count). The number of allylic oxidation sites excluding steroid dienone is 1. The summed E-state index contributed by atoms with van der Waals surface area (Å²) in [6.07, 6.45) is 19.3. The Labute approximate surface area is 235 Å². The van der Waals surface area contributed by atoms with Gasteiger partial charge in [-0.3, -0.25) is 9.78 Å². The van der Waals surface area contributed by atoms with Crippen LogP contribution in [0.25, 0.3) is 0 Å². The van der Waals surface area contributed by atoms with Gasteiger partial charge in [0.15, 0.2) is 0 Å². The Morgan fingerprint density at radius 3 is 2.62 bits per heavy atom. The summed E-state index contributed by atoms with van der Waals surface area (Å²) >= 11 is 0. The maximum Gasteiger partial charge on any atom is 0.222 e. The van der Waals surface area contributed by atoms with Gasteiger partial charge in [-0.2, -0.15) is 0 Å². The fourth-order valence-electron chi connectivity index (χ4n) is 10.2. The van der Waals surface area contributed by atoms with E-state index in [-0.39, 0.29) is 12.2 Å². The zero-order valence-corrected chi connectivity index (χ0v) is 24.5. The van der Waals surface area contributed by atoms with Crippen LogP contribution in [-0.4, -0.2) is 46.2 Å². The monoisotopic (exact) mass is 534 g/mol. The average Bonchev–Trinajstić information content (AvgIpc) is 3.30. The van der Waals surface area contributed by atoms with E-state index in [1.54, 1.807) is 18.0 Å². The number of piperidine rings is 1. The van der Waals surface area contributed by atoms with Crippen LogP contribution in [0.3, 0.4) is 0 Å². The average molecular weight is 535 g/mol. The van der Waals surface area contributed by atoms with E-state index in [0.717, 1.165) is 74.6 Å². The van der Waals surface area contributed by atoms with Gasteiger partial charge in [-0.15, -0.1) is 0 Å². The standard InChI is InChI=1S/C34H50N2O3/c1-23(4-9-32(38)36-20-14-27(15-21-36)39-26-12-18-35-19-13-26)29-7-8-30-28-6-5-24-22-25(37)10-16-33(24,2)31(28)11-17-34(29,30)3/h5,12-13,18-19,23,25,27-31,37H,4,6-11,14-17,20-22H2,1-3H3/t23-,25+,28+,29-,30+,31+,33+,34-/m1/s1. The molecule has 4 fully saturated rings. The second kappa shape index (κ2) is 10.8. The highest BCUT2D eigenvalue weighted by molar-refractivity contribution is 5.76. The molecular weight excluding hydrogens is 484 g/mol.